The molecule has 1 aliphatic rings. The van der Waals surface area contributed by atoms with Crippen molar-refractivity contribution in [3.63, 3.8) is 0 Å². The summed E-state index contributed by atoms with van der Waals surface area (Å²) in [6.45, 7) is 4.21. The van der Waals surface area contributed by atoms with Crippen LogP contribution in [0.15, 0.2) is 35.3 Å². The van der Waals surface area contributed by atoms with E-state index in [1.54, 1.807) is 0 Å². The molecule has 1 saturated carbocycles. The molecule has 0 unspecified atom stereocenters. The molecule has 3 rings (SSSR count). The van der Waals surface area contributed by atoms with E-state index in [4.69, 9.17) is 0 Å². The van der Waals surface area contributed by atoms with Crippen LogP contribution in [0.3, 0.4) is 0 Å². The lowest BCUT2D eigenvalue weighted by atomic mass is 10.2. The molecule has 130 valence electrons. The van der Waals surface area contributed by atoms with E-state index in [1.807, 2.05) is 36.7 Å². The Kier molecular flexibility index (Phi) is 7.01. The van der Waals surface area contributed by atoms with E-state index in [9.17, 15) is 0 Å². The molecule has 2 N–H and O–H groups in total. The minimum absolute atomic E-state index is 0. The number of halogens is 1. The van der Waals surface area contributed by atoms with Crippen molar-refractivity contribution in [1.82, 2.24) is 25.4 Å². The summed E-state index contributed by atoms with van der Waals surface area (Å²) in [7, 11) is 1.98. The summed E-state index contributed by atoms with van der Waals surface area (Å²) >= 11 is 0. The van der Waals surface area contributed by atoms with Crippen molar-refractivity contribution in [3.05, 3.63) is 47.5 Å². The van der Waals surface area contributed by atoms with Gasteiger partial charge in [-0.25, -0.2) is 4.99 Å². The number of hydrogen-bond acceptors (Lipinski definition) is 3. The second kappa shape index (κ2) is 9.00. The highest BCUT2D eigenvalue weighted by molar-refractivity contribution is 14.0. The molecule has 0 bridgehead atoms. The van der Waals surface area contributed by atoms with Crippen LogP contribution >= 0.6 is 24.0 Å². The molecule has 1 fully saturated rings. The number of rotatable bonds is 6. The summed E-state index contributed by atoms with van der Waals surface area (Å²) in [5, 5.41) is 15.1. The van der Waals surface area contributed by atoms with Gasteiger partial charge in [-0.15, -0.1) is 34.2 Å². The Morgan fingerprint density at radius 2 is 1.96 bits per heavy atom. The largest absolute Gasteiger partial charge is 0.356 e. The number of hydrogen-bond donors (Lipinski definition) is 2. The summed E-state index contributed by atoms with van der Waals surface area (Å²) in [4.78, 5) is 4.68. The fourth-order valence-electron chi connectivity index (χ4n) is 2.26. The molecule has 1 aromatic heterocycles. The van der Waals surface area contributed by atoms with Gasteiger partial charge < -0.3 is 15.2 Å². The quantitative estimate of drug-likeness (QED) is 0.411. The molecule has 1 aliphatic carbocycles. The van der Waals surface area contributed by atoms with Gasteiger partial charge in [-0.2, -0.15) is 0 Å². The van der Waals surface area contributed by atoms with Crippen molar-refractivity contribution in [2.75, 3.05) is 6.54 Å². The Bertz CT molecular complexity index is 663. The van der Waals surface area contributed by atoms with Gasteiger partial charge >= 0.3 is 0 Å². The zero-order valence-corrected chi connectivity index (χ0v) is 16.5. The van der Waals surface area contributed by atoms with Crippen LogP contribution in [0.1, 0.15) is 30.1 Å². The van der Waals surface area contributed by atoms with Gasteiger partial charge in [0.1, 0.15) is 5.82 Å². The molecule has 0 atom stereocenters. The number of guanidine groups is 1. The second-order valence-corrected chi connectivity index (χ2v) is 6.05. The monoisotopic (exact) mass is 440 g/mol. The summed E-state index contributed by atoms with van der Waals surface area (Å²) in [5.41, 5.74) is 1.20. The van der Waals surface area contributed by atoms with Gasteiger partial charge in [0.25, 0.3) is 0 Å². The Morgan fingerprint density at radius 1 is 1.21 bits per heavy atom. The first-order chi connectivity index (χ1) is 11.2. The van der Waals surface area contributed by atoms with Crippen molar-refractivity contribution in [3.8, 4) is 0 Å². The zero-order chi connectivity index (χ0) is 16.1. The molecule has 0 radical (unpaired) electrons. The third-order valence-corrected chi connectivity index (χ3v) is 4.11. The molecule has 1 heterocycles. The lowest BCUT2D eigenvalue weighted by Crippen LogP contribution is -2.38. The highest BCUT2D eigenvalue weighted by Gasteiger charge is 2.21. The van der Waals surface area contributed by atoms with Crippen LogP contribution in [0, 0.1) is 12.8 Å². The number of aromatic nitrogens is 3. The third-order valence-electron chi connectivity index (χ3n) is 4.11. The molecule has 6 nitrogen and oxygen atoms in total. The summed E-state index contributed by atoms with van der Waals surface area (Å²) in [6.07, 6.45) is 2.64. The lowest BCUT2D eigenvalue weighted by Gasteiger charge is -2.12. The number of nitrogens with zero attached hydrogens (tertiary/aromatic N) is 4. The molecule has 0 spiro atoms. The Hall–Kier alpha value is -1.64. The summed E-state index contributed by atoms with van der Waals surface area (Å²) in [5.74, 6) is 3.45. The highest BCUT2D eigenvalue weighted by Crippen LogP contribution is 2.27. The van der Waals surface area contributed by atoms with Gasteiger partial charge in [0.2, 0.25) is 0 Å². The standard InChI is InChI=1S/C17H24N6.HI/c1-13-21-22-16(23(13)2)12-20-17(19-11-15-8-9-15)18-10-14-6-4-3-5-7-14;/h3-7,15H,8-12H2,1-2H3,(H2,18,19,20);1H. The smallest absolute Gasteiger partial charge is 0.191 e. The maximum atomic E-state index is 4.68. The minimum Gasteiger partial charge on any atom is -0.356 e. The number of aryl methyl sites for hydroxylation is 1. The Balaban J connectivity index is 0.00000208. The van der Waals surface area contributed by atoms with Gasteiger partial charge in [-0.3, -0.25) is 0 Å². The predicted molar refractivity (Wildman–Crippen MR) is 106 cm³/mol. The third kappa shape index (κ3) is 5.47. The van der Waals surface area contributed by atoms with Crippen LogP contribution in [0.4, 0.5) is 0 Å². The predicted octanol–water partition coefficient (Wildman–Crippen LogP) is 2.39. The van der Waals surface area contributed by atoms with Gasteiger partial charge in [0.15, 0.2) is 11.8 Å². The first-order valence-electron chi connectivity index (χ1n) is 8.13. The number of benzene rings is 1. The van der Waals surface area contributed by atoms with E-state index < -0.39 is 0 Å². The number of aliphatic imine (C=N–C) groups is 1. The van der Waals surface area contributed by atoms with Crippen LogP contribution in [0.25, 0.3) is 0 Å². The maximum Gasteiger partial charge on any atom is 0.191 e. The van der Waals surface area contributed by atoms with E-state index in [-0.39, 0.29) is 24.0 Å². The van der Waals surface area contributed by atoms with Crippen LogP contribution < -0.4 is 10.6 Å². The van der Waals surface area contributed by atoms with Crippen LogP contribution in [-0.2, 0) is 20.1 Å². The van der Waals surface area contributed by atoms with Gasteiger partial charge in [0.05, 0.1) is 13.1 Å². The molecule has 24 heavy (non-hydrogen) atoms. The van der Waals surface area contributed by atoms with Crippen molar-refractivity contribution in [1.29, 1.82) is 0 Å². The molecule has 2 aromatic rings. The topological polar surface area (TPSA) is 67.1 Å². The first-order valence-corrected chi connectivity index (χ1v) is 8.13. The fourth-order valence-corrected chi connectivity index (χ4v) is 2.26. The van der Waals surface area contributed by atoms with Crippen molar-refractivity contribution < 1.29 is 0 Å². The lowest BCUT2D eigenvalue weighted by molar-refractivity contribution is 0.697. The molecular formula is C17H25IN6. The first kappa shape index (κ1) is 18.7. The van der Waals surface area contributed by atoms with E-state index in [1.165, 1.54) is 18.4 Å². The van der Waals surface area contributed by atoms with Gasteiger partial charge in [-0.1, -0.05) is 30.3 Å². The fraction of sp³-hybridized carbons (Fsp3) is 0.471. The highest BCUT2D eigenvalue weighted by atomic mass is 127. The molecular weight excluding hydrogens is 415 g/mol. The molecule has 0 saturated heterocycles. The minimum atomic E-state index is 0. The average Bonchev–Trinajstić information content (AvgIpc) is 3.35. The molecule has 7 heteroatoms. The van der Waals surface area contributed by atoms with Crippen molar-refractivity contribution in [2.45, 2.75) is 32.9 Å². The van der Waals surface area contributed by atoms with Crippen molar-refractivity contribution in [2.24, 2.45) is 18.0 Å². The van der Waals surface area contributed by atoms with E-state index in [0.717, 1.165) is 30.1 Å². The van der Waals surface area contributed by atoms with E-state index >= 15 is 0 Å². The van der Waals surface area contributed by atoms with E-state index in [2.05, 4.69) is 38.0 Å². The zero-order valence-electron chi connectivity index (χ0n) is 14.2. The van der Waals surface area contributed by atoms with Crippen LogP contribution in [0.5, 0.6) is 0 Å². The van der Waals surface area contributed by atoms with Crippen molar-refractivity contribution >= 4 is 29.9 Å². The SMILES string of the molecule is Cc1nnc(CNC(=NCc2ccccc2)NCC2CC2)n1C.I. The summed E-state index contributed by atoms with van der Waals surface area (Å²) < 4.78 is 1.99. The summed E-state index contributed by atoms with van der Waals surface area (Å²) in [6, 6.07) is 10.3. The normalized spacial score (nSPS) is 14.2. The molecule has 0 aliphatic heterocycles. The number of nitrogens with one attached hydrogen (secondary N) is 2. The Labute approximate surface area is 160 Å². The van der Waals surface area contributed by atoms with Crippen LogP contribution in [0.2, 0.25) is 0 Å². The molecule has 1 aromatic carbocycles. The van der Waals surface area contributed by atoms with Gasteiger partial charge in [0, 0.05) is 13.6 Å². The molecule has 0 amide bonds. The maximum absolute atomic E-state index is 4.68. The second-order valence-electron chi connectivity index (χ2n) is 6.05. The Morgan fingerprint density at radius 3 is 2.58 bits per heavy atom. The van der Waals surface area contributed by atoms with E-state index in [0.29, 0.717) is 13.1 Å². The van der Waals surface area contributed by atoms with Crippen LogP contribution in [-0.4, -0.2) is 27.3 Å². The van der Waals surface area contributed by atoms with Gasteiger partial charge in [-0.05, 0) is 31.2 Å². The average molecular weight is 440 g/mol.